The lowest BCUT2D eigenvalue weighted by Crippen LogP contribution is -2.12. The Bertz CT molecular complexity index is 1020. The SMILES string of the molecule is O/N=C(/COc1ccc2c(c1)[nH]c1ccccc12)c1ccccc1. The van der Waals surface area contributed by atoms with Crippen molar-refractivity contribution in [3.05, 3.63) is 78.4 Å². The van der Waals surface area contributed by atoms with Gasteiger partial charge in [-0.3, -0.25) is 0 Å². The molecule has 0 fully saturated rings. The fourth-order valence-electron chi connectivity index (χ4n) is 2.88. The van der Waals surface area contributed by atoms with Gasteiger partial charge in [-0.15, -0.1) is 0 Å². The molecule has 4 aromatic rings. The third-order valence-corrected chi connectivity index (χ3v) is 4.08. The molecule has 0 bridgehead atoms. The Hall–Kier alpha value is -3.27. The fourth-order valence-corrected chi connectivity index (χ4v) is 2.88. The van der Waals surface area contributed by atoms with Gasteiger partial charge in [0, 0.05) is 27.9 Å². The first-order chi connectivity index (χ1) is 11.8. The van der Waals surface area contributed by atoms with Crippen molar-refractivity contribution in [1.29, 1.82) is 0 Å². The maximum absolute atomic E-state index is 9.23. The smallest absolute Gasteiger partial charge is 0.134 e. The van der Waals surface area contributed by atoms with Crippen molar-refractivity contribution in [2.75, 3.05) is 6.61 Å². The third kappa shape index (κ3) is 2.58. The van der Waals surface area contributed by atoms with E-state index in [1.165, 1.54) is 5.39 Å². The largest absolute Gasteiger partial charge is 0.487 e. The molecule has 2 N–H and O–H groups in total. The Morgan fingerprint density at radius 2 is 1.62 bits per heavy atom. The van der Waals surface area contributed by atoms with Crippen molar-refractivity contribution >= 4 is 27.5 Å². The van der Waals surface area contributed by atoms with Crippen LogP contribution in [0.1, 0.15) is 5.56 Å². The molecule has 0 aliphatic rings. The highest BCUT2D eigenvalue weighted by molar-refractivity contribution is 6.07. The molecule has 0 amide bonds. The molecule has 118 valence electrons. The summed E-state index contributed by atoms with van der Waals surface area (Å²) in [4.78, 5) is 3.39. The molecule has 0 unspecified atom stereocenters. The summed E-state index contributed by atoms with van der Waals surface area (Å²) < 4.78 is 5.81. The molecular formula is C20H16N2O2. The summed E-state index contributed by atoms with van der Waals surface area (Å²) in [7, 11) is 0. The van der Waals surface area contributed by atoms with Gasteiger partial charge in [-0.25, -0.2) is 0 Å². The minimum atomic E-state index is 0.201. The van der Waals surface area contributed by atoms with Crippen molar-refractivity contribution in [2.45, 2.75) is 0 Å². The number of rotatable bonds is 4. The molecule has 0 atom stereocenters. The number of nitrogens with zero attached hydrogens (tertiary/aromatic N) is 1. The van der Waals surface area contributed by atoms with Crippen LogP contribution in [-0.4, -0.2) is 22.5 Å². The number of aromatic amines is 1. The molecule has 0 radical (unpaired) electrons. The number of hydrogen-bond acceptors (Lipinski definition) is 3. The van der Waals surface area contributed by atoms with Crippen LogP contribution in [0.2, 0.25) is 0 Å². The molecule has 3 aromatic carbocycles. The van der Waals surface area contributed by atoms with E-state index >= 15 is 0 Å². The summed E-state index contributed by atoms with van der Waals surface area (Å²) >= 11 is 0. The van der Waals surface area contributed by atoms with Crippen LogP contribution in [0.5, 0.6) is 5.75 Å². The first kappa shape index (κ1) is 14.3. The highest BCUT2D eigenvalue weighted by Crippen LogP contribution is 2.28. The zero-order valence-electron chi connectivity index (χ0n) is 12.9. The number of H-pyrrole nitrogens is 1. The van der Waals surface area contributed by atoms with E-state index in [2.05, 4.69) is 22.3 Å². The van der Waals surface area contributed by atoms with Crippen LogP contribution in [-0.2, 0) is 0 Å². The second kappa shape index (κ2) is 6.08. The van der Waals surface area contributed by atoms with Crippen LogP contribution in [0, 0.1) is 0 Å². The lowest BCUT2D eigenvalue weighted by molar-refractivity contribution is 0.308. The van der Waals surface area contributed by atoms with E-state index in [0.717, 1.165) is 27.7 Å². The van der Waals surface area contributed by atoms with Crippen molar-refractivity contribution in [3.8, 4) is 5.75 Å². The van der Waals surface area contributed by atoms with Crippen LogP contribution >= 0.6 is 0 Å². The standard InChI is InChI=1S/C20H16N2O2/c23-22-20(14-6-2-1-3-7-14)13-24-15-10-11-17-16-8-4-5-9-18(16)21-19(17)12-15/h1-12,21,23H,13H2/b22-20-. The first-order valence-electron chi connectivity index (χ1n) is 7.75. The van der Waals surface area contributed by atoms with Gasteiger partial charge in [0.05, 0.1) is 5.52 Å². The fraction of sp³-hybridized carbons (Fsp3) is 0.0500. The minimum Gasteiger partial charge on any atom is -0.487 e. The predicted octanol–water partition coefficient (Wildman–Crippen LogP) is 4.58. The van der Waals surface area contributed by atoms with Crippen molar-refractivity contribution < 1.29 is 9.94 Å². The van der Waals surface area contributed by atoms with E-state index < -0.39 is 0 Å². The van der Waals surface area contributed by atoms with E-state index in [9.17, 15) is 5.21 Å². The molecular weight excluding hydrogens is 300 g/mol. The molecule has 1 aromatic heterocycles. The number of fused-ring (bicyclic) bond motifs is 3. The highest BCUT2D eigenvalue weighted by Gasteiger charge is 2.08. The summed E-state index contributed by atoms with van der Waals surface area (Å²) in [6, 6.07) is 23.6. The topological polar surface area (TPSA) is 57.6 Å². The van der Waals surface area contributed by atoms with Crippen molar-refractivity contribution in [2.24, 2.45) is 5.16 Å². The molecule has 4 nitrogen and oxygen atoms in total. The molecule has 0 saturated heterocycles. The summed E-state index contributed by atoms with van der Waals surface area (Å²) in [6.45, 7) is 0.201. The summed E-state index contributed by atoms with van der Waals surface area (Å²) in [6.07, 6.45) is 0. The van der Waals surface area contributed by atoms with E-state index in [-0.39, 0.29) is 6.61 Å². The maximum atomic E-state index is 9.23. The van der Waals surface area contributed by atoms with Gasteiger partial charge in [0.2, 0.25) is 0 Å². The summed E-state index contributed by atoms with van der Waals surface area (Å²) in [5, 5.41) is 14.9. The normalized spacial score (nSPS) is 11.9. The lowest BCUT2D eigenvalue weighted by atomic mass is 10.1. The maximum Gasteiger partial charge on any atom is 0.134 e. The van der Waals surface area contributed by atoms with E-state index in [1.807, 2.05) is 60.7 Å². The first-order valence-corrected chi connectivity index (χ1v) is 7.75. The third-order valence-electron chi connectivity index (χ3n) is 4.08. The molecule has 0 aliphatic carbocycles. The van der Waals surface area contributed by atoms with Gasteiger partial charge in [-0.1, -0.05) is 53.7 Å². The van der Waals surface area contributed by atoms with Crippen LogP contribution in [0.15, 0.2) is 78.0 Å². The molecule has 0 spiro atoms. The molecule has 24 heavy (non-hydrogen) atoms. The summed E-state index contributed by atoms with van der Waals surface area (Å²) in [5.74, 6) is 0.728. The van der Waals surface area contributed by atoms with Crippen molar-refractivity contribution in [1.82, 2.24) is 4.98 Å². The Balaban J connectivity index is 1.59. The number of nitrogens with one attached hydrogen (secondary N) is 1. The predicted molar refractivity (Wildman–Crippen MR) is 96.1 cm³/mol. The number of aromatic nitrogens is 1. The number of oxime groups is 1. The second-order valence-corrected chi connectivity index (χ2v) is 5.58. The van der Waals surface area contributed by atoms with Crippen LogP contribution < -0.4 is 4.74 Å². The Morgan fingerprint density at radius 1 is 0.875 bits per heavy atom. The second-order valence-electron chi connectivity index (χ2n) is 5.58. The van der Waals surface area contributed by atoms with E-state index in [1.54, 1.807) is 0 Å². The van der Waals surface area contributed by atoms with E-state index in [0.29, 0.717) is 5.71 Å². The minimum absolute atomic E-state index is 0.201. The highest BCUT2D eigenvalue weighted by atomic mass is 16.5. The Kier molecular flexibility index (Phi) is 3.63. The number of ether oxygens (including phenoxy) is 1. The van der Waals surface area contributed by atoms with Gasteiger partial charge < -0.3 is 14.9 Å². The molecule has 0 aliphatic heterocycles. The van der Waals surface area contributed by atoms with Gasteiger partial charge in [-0.05, 0) is 18.2 Å². The van der Waals surface area contributed by atoms with Gasteiger partial charge in [-0.2, -0.15) is 0 Å². The average molecular weight is 316 g/mol. The lowest BCUT2D eigenvalue weighted by Gasteiger charge is -2.08. The number of para-hydroxylation sites is 1. The van der Waals surface area contributed by atoms with Crippen LogP contribution in [0.25, 0.3) is 21.8 Å². The van der Waals surface area contributed by atoms with Gasteiger partial charge in [0.15, 0.2) is 0 Å². The quantitative estimate of drug-likeness (QED) is 0.329. The van der Waals surface area contributed by atoms with Gasteiger partial charge in [0.1, 0.15) is 18.1 Å². The zero-order valence-corrected chi connectivity index (χ0v) is 12.9. The van der Waals surface area contributed by atoms with Crippen molar-refractivity contribution in [3.63, 3.8) is 0 Å². The van der Waals surface area contributed by atoms with Gasteiger partial charge >= 0.3 is 0 Å². The molecule has 4 rings (SSSR count). The number of benzene rings is 3. The zero-order chi connectivity index (χ0) is 16.4. The molecule has 1 heterocycles. The van der Waals surface area contributed by atoms with Crippen LogP contribution in [0.3, 0.4) is 0 Å². The Labute approximate surface area is 139 Å². The van der Waals surface area contributed by atoms with Crippen LogP contribution in [0.4, 0.5) is 0 Å². The monoisotopic (exact) mass is 316 g/mol. The van der Waals surface area contributed by atoms with E-state index in [4.69, 9.17) is 4.74 Å². The average Bonchev–Trinajstić information content (AvgIpc) is 3.01. The Morgan fingerprint density at radius 3 is 2.46 bits per heavy atom. The molecule has 4 heteroatoms. The van der Waals surface area contributed by atoms with Gasteiger partial charge in [0.25, 0.3) is 0 Å². The number of hydrogen-bond donors (Lipinski definition) is 2. The summed E-state index contributed by atoms with van der Waals surface area (Å²) in [5.41, 5.74) is 3.46. The molecule has 0 saturated carbocycles.